The fraction of sp³-hybridized carbons (Fsp3) is 0.364. The van der Waals surface area contributed by atoms with Crippen LogP contribution in [0.4, 0.5) is 4.39 Å². The van der Waals surface area contributed by atoms with Crippen molar-refractivity contribution < 1.29 is 9.50 Å². The van der Waals surface area contributed by atoms with Crippen LogP contribution < -0.4 is 0 Å². The predicted octanol–water partition coefficient (Wildman–Crippen LogP) is 2.42. The summed E-state index contributed by atoms with van der Waals surface area (Å²) in [6, 6.07) is 6.12. The van der Waals surface area contributed by atoms with Gasteiger partial charge in [0.2, 0.25) is 0 Å². The molecule has 1 aromatic carbocycles. The van der Waals surface area contributed by atoms with Crippen LogP contribution in [0.2, 0.25) is 0 Å². The normalized spacial score (nSPS) is 12.1. The van der Waals surface area contributed by atoms with Crippen LogP contribution in [0.15, 0.2) is 23.1 Å². The molecule has 1 aromatic rings. The van der Waals surface area contributed by atoms with Crippen molar-refractivity contribution in [3.63, 3.8) is 0 Å². The van der Waals surface area contributed by atoms with E-state index in [-0.39, 0.29) is 12.5 Å². The molecule has 4 heteroatoms. The maximum absolute atomic E-state index is 12.8. The van der Waals surface area contributed by atoms with Crippen LogP contribution in [-0.4, -0.2) is 17.5 Å². The molecule has 0 aliphatic rings. The molecular formula is C11H12FNOS. The molecule has 1 unspecified atom stereocenters. The van der Waals surface area contributed by atoms with Gasteiger partial charge in [0.05, 0.1) is 5.56 Å². The minimum atomic E-state index is -0.397. The topological polar surface area (TPSA) is 44.0 Å². The van der Waals surface area contributed by atoms with E-state index < -0.39 is 5.82 Å². The molecule has 0 aliphatic carbocycles. The van der Waals surface area contributed by atoms with Crippen LogP contribution in [0.5, 0.6) is 0 Å². The lowest BCUT2D eigenvalue weighted by atomic mass is 10.2. The molecule has 15 heavy (non-hydrogen) atoms. The number of nitriles is 1. The summed E-state index contributed by atoms with van der Waals surface area (Å²) in [5.41, 5.74) is 0.352. The van der Waals surface area contributed by atoms with Gasteiger partial charge >= 0.3 is 0 Å². The number of aliphatic hydroxyl groups is 1. The Bertz CT molecular complexity index is 375. The van der Waals surface area contributed by atoms with E-state index in [0.717, 1.165) is 10.6 Å². The molecule has 0 aliphatic heterocycles. The smallest absolute Gasteiger partial charge is 0.124 e. The molecule has 1 N–H and O–H groups in total. The first-order chi connectivity index (χ1) is 7.17. The maximum Gasteiger partial charge on any atom is 0.124 e. The fourth-order valence-corrected chi connectivity index (χ4v) is 1.99. The number of rotatable bonds is 4. The Morgan fingerprint density at radius 3 is 2.93 bits per heavy atom. The van der Waals surface area contributed by atoms with Crippen molar-refractivity contribution in [1.82, 2.24) is 0 Å². The van der Waals surface area contributed by atoms with E-state index in [1.807, 2.05) is 13.0 Å². The number of nitrogens with zero attached hydrogens (tertiary/aromatic N) is 1. The van der Waals surface area contributed by atoms with Gasteiger partial charge in [-0.2, -0.15) is 5.26 Å². The molecule has 0 saturated heterocycles. The third-order valence-corrected chi connectivity index (χ3v) is 3.30. The second-order valence-electron chi connectivity index (χ2n) is 3.35. The van der Waals surface area contributed by atoms with Crippen molar-refractivity contribution >= 4 is 11.8 Å². The standard InChI is InChI=1S/C11H12FNOS/c1-8(6-14)7-15-11-3-2-10(12)4-9(11)5-13/h2-4,8,14H,6-7H2,1H3. The minimum absolute atomic E-state index is 0.121. The summed E-state index contributed by atoms with van der Waals surface area (Å²) >= 11 is 1.46. The summed E-state index contributed by atoms with van der Waals surface area (Å²) in [4.78, 5) is 0.763. The second kappa shape index (κ2) is 5.74. The van der Waals surface area contributed by atoms with Gasteiger partial charge in [-0.05, 0) is 24.1 Å². The summed E-state index contributed by atoms with van der Waals surface area (Å²) in [5.74, 6) is 0.495. The number of thioether (sulfide) groups is 1. The SMILES string of the molecule is CC(CO)CSc1ccc(F)cc1C#N. The quantitative estimate of drug-likeness (QED) is 0.800. The molecule has 0 aromatic heterocycles. The van der Waals surface area contributed by atoms with Crippen molar-refractivity contribution in [3.05, 3.63) is 29.6 Å². The summed E-state index contributed by atoms with van der Waals surface area (Å²) in [6.07, 6.45) is 0. The number of aliphatic hydroxyl groups excluding tert-OH is 1. The molecule has 2 nitrogen and oxygen atoms in total. The lowest BCUT2D eigenvalue weighted by Crippen LogP contribution is -2.03. The van der Waals surface area contributed by atoms with Crippen LogP contribution in [0, 0.1) is 23.1 Å². The van der Waals surface area contributed by atoms with Crippen molar-refractivity contribution in [2.24, 2.45) is 5.92 Å². The van der Waals surface area contributed by atoms with Crippen molar-refractivity contribution in [2.75, 3.05) is 12.4 Å². The van der Waals surface area contributed by atoms with Gasteiger partial charge in [-0.1, -0.05) is 6.92 Å². The van der Waals surface area contributed by atoms with Gasteiger partial charge in [0.1, 0.15) is 11.9 Å². The molecule has 0 amide bonds. The zero-order chi connectivity index (χ0) is 11.3. The Morgan fingerprint density at radius 2 is 2.33 bits per heavy atom. The molecule has 1 rings (SSSR count). The lowest BCUT2D eigenvalue weighted by Gasteiger charge is -2.08. The highest BCUT2D eigenvalue weighted by atomic mass is 32.2. The first-order valence-electron chi connectivity index (χ1n) is 4.60. The average molecular weight is 225 g/mol. The third-order valence-electron chi connectivity index (χ3n) is 1.90. The highest BCUT2D eigenvalue weighted by molar-refractivity contribution is 7.99. The lowest BCUT2D eigenvalue weighted by molar-refractivity contribution is 0.250. The van der Waals surface area contributed by atoms with Gasteiger partial charge in [-0.25, -0.2) is 4.39 Å². The van der Waals surface area contributed by atoms with Crippen LogP contribution in [-0.2, 0) is 0 Å². The van der Waals surface area contributed by atoms with Crippen molar-refractivity contribution in [1.29, 1.82) is 5.26 Å². The van der Waals surface area contributed by atoms with Crippen LogP contribution >= 0.6 is 11.8 Å². The van der Waals surface area contributed by atoms with Gasteiger partial charge in [-0.3, -0.25) is 0 Å². The van der Waals surface area contributed by atoms with Crippen LogP contribution in [0.25, 0.3) is 0 Å². The molecule has 80 valence electrons. The Kier molecular flexibility index (Phi) is 4.60. The molecule has 0 bridgehead atoms. The fourth-order valence-electron chi connectivity index (χ4n) is 1.00. The van der Waals surface area contributed by atoms with E-state index in [0.29, 0.717) is 5.56 Å². The van der Waals surface area contributed by atoms with E-state index in [2.05, 4.69) is 0 Å². The Morgan fingerprint density at radius 1 is 1.60 bits per heavy atom. The van der Waals surface area contributed by atoms with E-state index in [4.69, 9.17) is 10.4 Å². The first kappa shape index (κ1) is 12.0. The largest absolute Gasteiger partial charge is 0.396 e. The summed E-state index contributed by atoms with van der Waals surface area (Å²) in [6.45, 7) is 2.04. The zero-order valence-electron chi connectivity index (χ0n) is 8.40. The molecule has 0 fully saturated rings. The average Bonchev–Trinajstić information content (AvgIpc) is 2.26. The van der Waals surface area contributed by atoms with Crippen molar-refractivity contribution in [2.45, 2.75) is 11.8 Å². The number of hydrogen-bond acceptors (Lipinski definition) is 3. The Labute approximate surface area is 92.7 Å². The molecule has 0 saturated carbocycles. The summed E-state index contributed by atoms with van der Waals surface area (Å²) in [7, 11) is 0. The van der Waals surface area contributed by atoms with Crippen LogP contribution in [0.1, 0.15) is 12.5 Å². The Hall–Kier alpha value is -1.05. The van der Waals surface area contributed by atoms with Gasteiger partial charge in [-0.15, -0.1) is 11.8 Å². The summed E-state index contributed by atoms with van der Waals surface area (Å²) in [5, 5.41) is 17.6. The predicted molar refractivity (Wildman–Crippen MR) is 58.1 cm³/mol. The molecular weight excluding hydrogens is 213 g/mol. The van der Waals surface area contributed by atoms with Gasteiger partial charge < -0.3 is 5.11 Å². The third kappa shape index (κ3) is 3.54. The molecule has 0 heterocycles. The van der Waals surface area contributed by atoms with Crippen LogP contribution in [0.3, 0.4) is 0 Å². The zero-order valence-corrected chi connectivity index (χ0v) is 9.22. The van der Waals surface area contributed by atoms with E-state index in [1.165, 1.54) is 23.9 Å². The van der Waals surface area contributed by atoms with E-state index in [1.54, 1.807) is 6.07 Å². The number of hydrogen-bond donors (Lipinski definition) is 1. The number of halogens is 1. The Balaban J connectivity index is 2.73. The first-order valence-corrected chi connectivity index (χ1v) is 5.59. The van der Waals surface area contributed by atoms with E-state index >= 15 is 0 Å². The highest BCUT2D eigenvalue weighted by Gasteiger charge is 2.06. The second-order valence-corrected chi connectivity index (χ2v) is 4.41. The summed E-state index contributed by atoms with van der Waals surface area (Å²) < 4.78 is 12.8. The molecule has 0 spiro atoms. The minimum Gasteiger partial charge on any atom is -0.396 e. The van der Waals surface area contributed by atoms with Gasteiger partial charge in [0.25, 0.3) is 0 Å². The van der Waals surface area contributed by atoms with Gasteiger partial charge in [0.15, 0.2) is 0 Å². The molecule has 0 radical (unpaired) electrons. The number of benzene rings is 1. The monoisotopic (exact) mass is 225 g/mol. The highest BCUT2D eigenvalue weighted by Crippen LogP contribution is 2.24. The maximum atomic E-state index is 12.8. The molecule has 1 atom stereocenters. The van der Waals surface area contributed by atoms with Crippen molar-refractivity contribution in [3.8, 4) is 6.07 Å². The van der Waals surface area contributed by atoms with E-state index in [9.17, 15) is 4.39 Å². The van der Waals surface area contributed by atoms with Gasteiger partial charge in [0, 0.05) is 17.3 Å².